The first-order valence-electron chi connectivity index (χ1n) is 6.20. The minimum Gasteiger partial charge on any atom is -0.310 e. The van der Waals surface area contributed by atoms with Gasteiger partial charge in [0.05, 0.1) is 5.69 Å². The Bertz CT molecular complexity index is 332. The van der Waals surface area contributed by atoms with Gasteiger partial charge in [0.15, 0.2) is 0 Å². The maximum atomic E-state index is 4.53. The standard InChI is InChI=1S/C12H21N3S2/c1-10(2)15-4-3-11(14-15)7-13-8-12-9-16-5-6-17-12/h3-4,10,12-13H,5-9H2,1-2H3. The second kappa shape index (κ2) is 6.71. The third-order valence-electron chi connectivity index (χ3n) is 2.76. The Morgan fingerprint density at radius 1 is 1.53 bits per heavy atom. The van der Waals surface area contributed by atoms with E-state index >= 15 is 0 Å². The maximum Gasteiger partial charge on any atom is 0.0762 e. The lowest BCUT2D eigenvalue weighted by Crippen LogP contribution is -2.28. The average Bonchev–Trinajstić information content (AvgIpc) is 2.79. The van der Waals surface area contributed by atoms with Crippen LogP contribution in [0.5, 0.6) is 0 Å². The number of rotatable bonds is 5. The fourth-order valence-corrected chi connectivity index (χ4v) is 4.42. The molecule has 0 radical (unpaired) electrons. The predicted octanol–water partition coefficient (Wildman–Crippen LogP) is 2.40. The molecule has 2 heterocycles. The van der Waals surface area contributed by atoms with Gasteiger partial charge >= 0.3 is 0 Å². The molecule has 1 aliphatic heterocycles. The van der Waals surface area contributed by atoms with Crippen molar-refractivity contribution in [3.05, 3.63) is 18.0 Å². The lowest BCUT2D eigenvalue weighted by molar-refractivity contribution is 0.521. The summed E-state index contributed by atoms with van der Waals surface area (Å²) in [5.41, 5.74) is 1.15. The summed E-state index contributed by atoms with van der Waals surface area (Å²) in [5, 5.41) is 8.83. The minimum absolute atomic E-state index is 0.453. The molecule has 0 spiro atoms. The summed E-state index contributed by atoms with van der Waals surface area (Å²) in [6, 6.07) is 2.56. The molecule has 0 aromatic carbocycles. The average molecular weight is 271 g/mol. The van der Waals surface area contributed by atoms with Crippen LogP contribution in [0.25, 0.3) is 0 Å². The molecular weight excluding hydrogens is 250 g/mol. The van der Waals surface area contributed by atoms with Crippen molar-refractivity contribution < 1.29 is 0 Å². The third-order valence-corrected chi connectivity index (χ3v) is 5.60. The van der Waals surface area contributed by atoms with Gasteiger partial charge in [-0.1, -0.05) is 0 Å². The van der Waals surface area contributed by atoms with Crippen LogP contribution in [0.4, 0.5) is 0 Å². The second-order valence-electron chi connectivity index (χ2n) is 4.58. The molecule has 0 bridgehead atoms. The molecular formula is C12H21N3S2. The van der Waals surface area contributed by atoms with E-state index in [1.165, 1.54) is 17.3 Å². The van der Waals surface area contributed by atoms with Crippen molar-refractivity contribution in [2.24, 2.45) is 0 Å². The fraction of sp³-hybridized carbons (Fsp3) is 0.750. The van der Waals surface area contributed by atoms with Gasteiger partial charge in [0, 0.05) is 47.8 Å². The largest absolute Gasteiger partial charge is 0.310 e. The maximum absolute atomic E-state index is 4.53. The Balaban J connectivity index is 1.70. The van der Waals surface area contributed by atoms with Crippen LogP contribution in [0, 0.1) is 0 Å². The molecule has 1 fully saturated rings. The van der Waals surface area contributed by atoms with Gasteiger partial charge in [-0.25, -0.2) is 0 Å². The van der Waals surface area contributed by atoms with E-state index in [4.69, 9.17) is 0 Å². The smallest absolute Gasteiger partial charge is 0.0762 e. The minimum atomic E-state index is 0.453. The Morgan fingerprint density at radius 3 is 3.06 bits per heavy atom. The molecule has 17 heavy (non-hydrogen) atoms. The van der Waals surface area contributed by atoms with Crippen molar-refractivity contribution in [2.75, 3.05) is 23.8 Å². The molecule has 0 saturated carbocycles. The second-order valence-corrected chi connectivity index (χ2v) is 7.14. The quantitative estimate of drug-likeness (QED) is 0.890. The Morgan fingerprint density at radius 2 is 2.41 bits per heavy atom. The molecule has 3 nitrogen and oxygen atoms in total. The fourth-order valence-electron chi connectivity index (χ4n) is 1.77. The Kier molecular flexibility index (Phi) is 5.25. The monoisotopic (exact) mass is 271 g/mol. The van der Waals surface area contributed by atoms with Gasteiger partial charge in [-0.3, -0.25) is 4.68 Å². The number of hydrogen-bond donors (Lipinski definition) is 1. The molecule has 1 unspecified atom stereocenters. The summed E-state index contributed by atoms with van der Waals surface area (Å²) in [6.07, 6.45) is 2.06. The number of aromatic nitrogens is 2. The topological polar surface area (TPSA) is 29.9 Å². The highest BCUT2D eigenvalue weighted by molar-refractivity contribution is 8.06. The molecule has 2 rings (SSSR count). The third kappa shape index (κ3) is 4.23. The first-order valence-corrected chi connectivity index (χ1v) is 8.40. The van der Waals surface area contributed by atoms with Crippen molar-refractivity contribution >= 4 is 23.5 Å². The lowest BCUT2D eigenvalue weighted by Gasteiger charge is -2.20. The molecule has 0 aliphatic carbocycles. The van der Waals surface area contributed by atoms with E-state index in [0.29, 0.717) is 6.04 Å². The predicted molar refractivity (Wildman–Crippen MR) is 77.9 cm³/mol. The van der Waals surface area contributed by atoms with Crippen molar-refractivity contribution in [2.45, 2.75) is 31.7 Å². The zero-order valence-corrected chi connectivity index (χ0v) is 12.2. The van der Waals surface area contributed by atoms with Crippen LogP contribution in [-0.2, 0) is 6.54 Å². The lowest BCUT2D eigenvalue weighted by atomic mass is 10.4. The van der Waals surface area contributed by atoms with Crippen molar-refractivity contribution in [1.82, 2.24) is 15.1 Å². The molecule has 1 atom stereocenters. The van der Waals surface area contributed by atoms with Crippen molar-refractivity contribution in [3.63, 3.8) is 0 Å². The van der Waals surface area contributed by atoms with Gasteiger partial charge in [-0.2, -0.15) is 28.6 Å². The van der Waals surface area contributed by atoms with Gasteiger partial charge in [-0.15, -0.1) is 0 Å². The zero-order chi connectivity index (χ0) is 12.1. The van der Waals surface area contributed by atoms with E-state index in [2.05, 4.69) is 60.0 Å². The highest BCUT2D eigenvalue weighted by Gasteiger charge is 2.13. The molecule has 1 saturated heterocycles. The van der Waals surface area contributed by atoms with Gasteiger partial charge in [0.25, 0.3) is 0 Å². The summed E-state index contributed by atoms with van der Waals surface area (Å²) in [6.45, 7) is 6.30. The van der Waals surface area contributed by atoms with Gasteiger partial charge in [-0.05, 0) is 19.9 Å². The molecule has 0 amide bonds. The van der Waals surface area contributed by atoms with E-state index in [9.17, 15) is 0 Å². The van der Waals surface area contributed by atoms with Crippen LogP contribution in [0.2, 0.25) is 0 Å². The first-order chi connectivity index (χ1) is 8.25. The van der Waals surface area contributed by atoms with E-state index in [0.717, 1.165) is 24.0 Å². The van der Waals surface area contributed by atoms with Crippen molar-refractivity contribution in [3.8, 4) is 0 Å². The van der Waals surface area contributed by atoms with E-state index < -0.39 is 0 Å². The van der Waals surface area contributed by atoms with Crippen LogP contribution in [-0.4, -0.2) is 38.8 Å². The zero-order valence-electron chi connectivity index (χ0n) is 10.6. The van der Waals surface area contributed by atoms with Gasteiger partial charge in [0.1, 0.15) is 0 Å². The molecule has 1 N–H and O–H groups in total. The van der Waals surface area contributed by atoms with Crippen molar-refractivity contribution in [1.29, 1.82) is 0 Å². The molecule has 1 aliphatic rings. The summed E-state index contributed by atoms with van der Waals surface area (Å²) in [7, 11) is 0. The number of nitrogens with one attached hydrogen (secondary N) is 1. The number of hydrogen-bond acceptors (Lipinski definition) is 4. The van der Waals surface area contributed by atoms with E-state index in [1.807, 2.05) is 4.68 Å². The molecule has 5 heteroatoms. The molecule has 1 aromatic heterocycles. The molecule has 1 aromatic rings. The van der Waals surface area contributed by atoms with Crippen LogP contribution >= 0.6 is 23.5 Å². The van der Waals surface area contributed by atoms with Crippen LogP contribution in [0.3, 0.4) is 0 Å². The van der Waals surface area contributed by atoms with Gasteiger partial charge < -0.3 is 5.32 Å². The summed E-state index contributed by atoms with van der Waals surface area (Å²) < 4.78 is 2.02. The van der Waals surface area contributed by atoms with Crippen LogP contribution in [0.15, 0.2) is 12.3 Å². The number of thioether (sulfide) groups is 2. The Labute approximate surface area is 112 Å². The molecule has 96 valence electrons. The highest BCUT2D eigenvalue weighted by atomic mass is 32.2. The Hall–Kier alpha value is -0.130. The number of nitrogens with zero attached hydrogens (tertiary/aromatic N) is 2. The summed E-state index contributed by atoms with van der Waals surface area (Å²) in [4.78, 5) is 0. The van der Waals surface area contributed by atoms with Gasteiger partial charge in [0.2, 0.25) is 0 Å². The summed E-state index contributed by atoms with van der Waals surface area (Å²) >= 11 is 4.18. The van der Waals surface area contributed by atoms with E-state index in [1.54, 1.807) is 0 Å². The summed E-state index contributed by atoms with van der Waals surface area (Å²) in [5.74, 6) is 3.91. The van der Waals surface area contributed by atoms with E-state index in [-0.39, 0.29) is 0 Å². The first kappa shape index (κ1) is 13.3. The normalized spacial score (nSPS) is 21.0. The highest BCUT2D eigenvalue weighted by Crippen LogP contribution is 2.23. The SMILES string of the molecule is CC(C)n1ccc(CNCC2CSCCS2)n1. The van der Waals surface area contributed by atoms with Crippen LogP contribution in [0.1, 0.15) is 25.6 Å². The van der Waals surface area contributed by atoms with Crippen LogP contribution < -0.4 is 5.32 Å².